The molecule has 57 heavy (non-hydrogen) atoms. The molecule has 0 bridgehead atoms. The quantitative estimate of drug-likeness (QED) is 0.166. The van der Waals surface area contributed by atoms with Gasteiger partial charge in [-0.3, -0.25) is 24.1 Å². The van der Waals surface area contributed by atoms with Crippen molar-refractivity contribution in [3.05, 3.63) is 108 Å². The molecule has 3 aliphatic heterocycles. The molecule has 3 aliphatic rings. The second kappa shape index (κ2) is 23.1. The summed E-state index contributed by atoms with van der Waals surface area (Å²) in [5.74, 6) is -1.59. The van der Waals surface area contributed by atoms with Crippen LogP contribution in [0.4, 0.5) is 4.79 Å². The molecular weight excluding hydrogens is 727 g/mol. The summed E-state index contributed by atoms with van der Waals surface area (Å²) in [5.41, 5.74) is 2.76. The summed E-state index contributed by atoms with van der Waals surface area (Å²) in [5, 5.41) is 20.8. The Morgan fingerprint density at radius 2 is 1.28 bits per heavy atom. The molecule has 1 atom stereocenters. The largest absolute Gasteiger partial charge is 0.481 e. The number of piperazine rings is 1. The molecule has 0 aliphatic carbocycles. The number of carboxylic acid groups (broad SMARTS) is 2. The number of likely N-dealkylation sites (tertiary alicyclic amines) is 2. The van der Waals surface area contributed by atoms with E-state index in [0.717, 1.165) is 77.9 Å². The number of unbranched alkanes of at least 4 members (excludes halogenated alkanes) is 1. The number of carboxylic acids is 2. The number of nitrogens with one attached hydrogen (secondary N) is 2. The van der Waals surface area contributed by atoms with Gasteiger partial charge in [0.1, 0.15) is 18.2 Å². The van der Waals surface area contributed by atoms with Gasteiger partial charge in [0.2, 0.25) is 11.8 Å². The number of piperidine rings is 2. The average molecular weight is 786 g/mol. The summed E-state index contributed by atoms with van der Waals surface area (Å²) in [7, 11) is 0. The van der Waals surface area contributed by atoms with Crippen LogP contribution in [0, 0.1) is 0 Å². The van der Waals surface area contributed by atoms with Gasteiger partial charge in [-0.2, -0.15) is 0 Å². The maximum Gasteiger partial charge on any atom is 0.407 e. The highest BCUT2D eigenvalue weighted by Crippen LogP contribution is 2.38. The third-order valence-corrected chi connectivity index (χ3v) is 10.5. The van der Waals surface area contributed by atoms with Gasteiger partial charge in [0.25, 0.3) is 11.9 Å². The molecule has 4 N–H and O–H groups in total. The SMILES string of the molecule is CC(=O)O.CC(=O)O.O=C(NCCCC[C@@H]1NC(=O)C2(CCN(CCc3ccccc3)CC2)N(C2CCN(Cc3ccccc3)CC2)C1=O)OCc1ccccc1. The van der Waals surface area contributed by atoms with Gasteiger partial charge >= 0.3 is 6.09 Å². The molecule has 3 aromatic carbocycles. The van der Waals surface area contributed by atoms with Crippen LogP contribution in [0.3, 0.4) is 0 Å². The summed E-state index contributed by atoms with van der Waals surface area (Å²) >= 11 is 0. The molecule has 1 spiro atoms. The van der Waals surface area contributed by atoms with Crippen LogP contribution < -0.4 is 10.6 Å². The molecule has 6 rings (SSSR count). The Morgan fingerprint density at radius 1 is 0.754 bits per heavy atom. The lowest BCUT2D eigenvalue weighted by molar-refractivity contribution is -0.167. The van der Waals surface area contributed by atoms with Crippen LogP contribution in [-0.2, 0) is 43.5 Å². The zero-order chi connectivity index (χ0) is 41.0. The molecule has 3 aromatic rings. The number of carbonyl (C=O) groups is 5. The van der Waals surface area contributed by atoms with Crippen molar-refractivity contribution >= 4 is 29.8 Å². The zero-order valence-electron chi connectivity index (χ0n) is 33.3. The molecule has 3 heterocycles. The number of alkyl carbamates (subject to hydrolysis) is 1. The number of amides is 3. The van der Waals surface area contributed by atoms with Gasteiger partial charge in [-0.25, -0.2) is 4.79 Å². The summed E-state index contributed by atoms with van der Waals surface area (Å²) < 4.78 is 5.31. The van der Waals surface area contributed by atoms with Crippen LogP contribution in [0.15, 0.2) is 91.0 Å². The summed E-state index contributed by atoms with van der Waals surface area (Å²) in [6.45, 7) is 8.10. The number of nitrogens with zero attached hydrogens (tertiary/aromatic N) is 3. The van der Waals surface area contributed by atoms with E-state index in [1.54, 1.807) is 0 Å². The van der Waals surface area contributed by atoms with Gasteiger partial charge < -0.3 is 35.4 Å². The van der Waals surface area contributed by atoms with Gasteiger partial charge in [0.05, 0.1) is 0 Å². The third-order valence-electron chi connectivity index (χ3n) is 10.5. The van der Waals surface area contributed by atoms with E-state index in [-0.39, 0.29) is 24.5 Å². The summed E-state index contributed by atoms with van der Waals surface area (Å²) in [6, 6.07) is 30.2. The minimum atomic E-state index is -0.833. The minimum Gasteiger partial charge on any atom is -0.481 e. The molecule has 308 valence electrons. The first kappa shape index (κ1) is 44.4. The van der Waals surface area contributed by atoms with Crippen molar-refractivity contribution in [3.8, 4) is 0 Å². The Bertz CT molecular complexity index is 1680. The average Bonchev–Trinajstić information content (AvgIpc) is 3.20. The van der Waals surface area contributed by atoms with Crippen LogP contribution in [0.2, 0.25) is 0 Å². The second-order valence-electron chi connectivity index (χ2n) is 14.9. The second-order valence-corrected chi connectivity index (χ2v) is 14.9. The summed E-state index contributed by atoms with van der Waals surface area (Å²) in [6.07, 6.45) is 5.53. The van der Waals surface area contributed by atoms with E-state index in [0.29, 0.717) is 38.6 Å². The van der Waals surface area contributed by atoms with Crippen molar-refractivity contribution in [2.75, 3.05) is 39.3 Å². The van der Waals surface area contributed by atoms with E-state index in [1.807, 2.05) is 42.5 Å². The van der Waals surface area contributed by atoms with Crippen LogP contribution in [-0.4, -0.2) is 112 Å². The molecule has 13 heteroatoms. The minimum absolute atomic E-state index is 0.00846. The van der Waals surface area contributed by atoms with E-state index in [4.69, 9.17) is 24.5 Å². The maximum absolute atomic E-state index is 14.4. The molecule has 0 saturated carbocycles. The highest BCUT2D eigenvalue weighted by Gasteiger charge is 2.55. The van der Waals surface area contributed by atoms with Gasteiger partial charge in [-0.15, -0.1) is 0 Å². The molecular formula is C44H59N5O8. The fourth-order valence-corrected chi connectivity index (χ4v) is 7.73. The lowest BCUT2D eigenvalue weighted by atomic mass is 9.79. The number of hydrogen-bond donors (Lipinski definition) is 4. The lowest BCUT2D eigenvalue weighted by Gasteiger charge is -2.55. The normalized spacial score (nSPS) is 18.3. The highest BCUT2D eigenvalue weighted by atomic mass is 16.5. The Balaban J connectivity index is 0.000000824. The Morgan fingerprint density at radius 3 is 1.84 bits per heavy atom. The third kappa shape index (κ3) is 14.6. The first-order chi connectivity index (χ1) is 27.5. The highest BCUT2D eigenvalue weighted by molar-refractivity contribution is 6.00. The number of ether oxygens (including phenoxy) is 1. The van der Waals surface area contributed by atoms with Gasteiger partial charge in [-0.05, 0) is 68.1 Å². The van der Waals surface area contributed by atoms with Gasteiger partial charge in [-0.1, -0.05) is 91.0 Å². The van der Waals surface area contributed by atoms with Crippen LogP contribution in [0.1, 0.15) is 75.5 Å². The molecule has 3 amide bonds. The molecule has 0 unspecified atom stereocenters. The predicted octanol–water partition coefficient (Wildman–Crippen LogP) is 5.33. The maximum atomic E-state index is 14.4. The molecule has 0 radical (unpaired) electrons. The fraction of sp³-hybridized carbons (Fsp3) is 0.477. The molecule has 13 nitrogen and oxygen atoms in total. The van der Waals surface area contributed by atoms with Crippen LogP contribution >= 0.6 is 0 Å². The molecule has 3 saturated heterocycles. The van der Waals surface area contributed by atoms with E-state index >= 15 is 0 Å². The van der Waals surface area contributed by atoms with E-state index in [1.165, 1.54) is 11.1 Å². The van der Waals surface area contributed by atoms with Crippen LogP contribution in [0.5, 0.6) is 0 Å². The fourth-order valence-electron chi connectivity index (χ4n) is 7.73. The van der Waals surface area contributed by atoms with E-state index in [2.05, 4.69) is 73.9 Å². The van der Waals surface area contributed by atoms with Crippen molar-refractivity contribution in [2.24, 2.45) is 0 Å². The first-order valence-corrected chi connectivity index (χ1v) is 20.0. The van der Waals surface area contributed by atoms with E-state index in [9.17, 15) is 14.4 Å². The number of hydrogen-bond acceptors (Lipinski definition) is 8. The van der Waals surface area contributed by atoms with Crippen molar-refractivity contribution in [2.45, 2.75) is 96.0 Å². The Hall–Kier alpha value is -5.27. The number of rotatable bonds is 13. The Labute approximate surface area is 336 Å². The van der Waals surface area contributed by atoms with Gasteiger partial charge in [0.15, 0.2) is 0 Å². The monoisotopic (exact) mass is 785 g/mol. The first-order valence-electron chi connectivity index (χ1n) is 20.0. The number of carbonyl (C=O) groups excluding carboxylic acids is 3. The van der Waals surface area contributed by atoms with Crippen molar-refractivity contribution in [3.63, 3.8) is 0 Å². The predicted molar refractivity (Wildman–Crippen MR) is 217 cm³/mol. The zero-order valence-corrected chi connectivity index (χ0v) is 33.3. The summed E-state index contributed by atoms with van der Waals surface area (Å²) in [4.78, 5) is 65.7. The van der Waals surface area contributed by atoms with Crippen LogP contribution in [0.25, 0.3) is 0 Å². The topological polar surface area (TPSA) is 169 Å². The van der Waals surface area contributed by atoms with Crippen molar-refractivity contribution in [1.29, 1.82) is 0 Å². The molecule has 0 aromatic heterocycles. The van der Waals surface area contributed by atoms with Crippen molar-refractivity contribution < 1.29 is 38.9 Å². The standard InChI is InChI=1S/C40H51N5O4.2C2H4O2/c46-37-36(18-10-11-24-41-39(48)49-31-34-16-8-3-9-17-34)42-38(47)40(22-28-43(29-23-40)25-19-32-12-4-1-5-13-32)45(37)35-20-26-44(27-21-35)30-33-14-6-2-7-15-33;2*1-2(3)4/h1-9,12-17,35-36H,10-11,18-31H2,(H,41,48)(H,42,47);2*1H3,(H,3,4)/t36-;;/m0../s1. The number of aliphatic carboxylic acids is 2. The smallest absolute Gasteiger partial charge is 0.407 e. The van der Waals surface area contributed by atoms with Gasteiger partial charge in [0, 0.05) is 65.7 Å². The van der Waals surface area contributed by atoms with Crippen molar-refractivity contribution in [1.82, 2.24) is 25.3 Å². The Kier molecular flexibility index (Phi) is 18.0. The lowest BCUT2D eigenvalue weighted by Crippen LogP contribution is -2.75. The number of benzene rings is 3. The molecule has 3 fully saturated rings. The van der Waals surface area contributed by atoms with E-state index < -0.39 is 29.6 Å².